The molecule has 4 nitrogen and oxygen atoms in total. The van der Waals surface area contributed by atoms with Crippen LogP contribution in [-0.4, -0.2) is 18.8 Å². The lowest BCUT2D eigenvalue weighted by molar-refractivity contribution is 0.404. The molecule has 0 unspecified atom stereocenters. The van der Waals surface area contributed by atoms with Gasteiger partial charge in [-0.2, -0.15) is 0 Å². The molecule has 0 aliphatic rings. The van der Waals surface area contributed by atoms with Crippen molar-refractivity contribution >= 4 is 12.4 Å². The van der Waals surface area contributed by atoms with E-state index in [1.165, 1.54) is 0 Å². The Morgan fingerprint density at radius 2 is 2.06 bits per heavy atom. The molecular formula is C12H21ClN2O2. The third-order valence-electron chi connectivity index (χ3n) is 2.61. The highest BCUT2D eigenvalue weighted by molar-refractivity contribution is 5.85. The molecule has 1 rings (SSSR count). The lowest BCUT2D eigenvalue weighted by Gasteiger charge is -2.14. The summed E-state index contributed by atoms with van der Waals surface area (Å²) in [5.74, 6) is 0.829. The molecule has 0 heterocycles. The summed E-state index contributed by atoms with van der Waals surface area (Å²) < 4.78 is 5.01. The Labute approximate surface area is 108 Å². The van der Waals surface area contributed by atoms with Crippen molar-refractivity contribution in [3.63, 3.8) is 0 Å². The van der Waals surface area contributed by atoms with Gasteiger partial charge in [0.2, 0.25) is 0 Å². The highest BCUT2D eigenvalue weighted by atomic mass is 35.5. The number of ether oxygens (including phenoxy) is 1. The van der Waals surface area contributed by atoms with Gasteiger partial charge >= 0.3 is 0 Å². The number of phenols is 1. The third-order valence-corrected chi connectivity index (χ3v) is 2.61. The van der Waals surface area contributed by atoms with Crippen LogP contribution in [0.3, 0.4) is 0 Å². The van der Waals surface area contributed by atoms with Gasteiger partial charge in [0.25, 0.3) is 0 Å². The van der Waals surface area contributed by atoms with Crippen LogP contribution in [0.15, 0.2) is 18.2 Å². The van der Waals surface area contributed by atoms with Crippen molar-refractivity contribution in [3.8, 4) is 11.5 Å². The number of methoxy groups -OCH3 is 1. The summed E-state index contributed by atoms with van der Waals surface area (Å²) in [4.78, 5) is 0. The first-order valence-corrected chi connectivity index (χ1v) is 5.51. The fourth-order valence-corrected chi connectivity index (χ4v) is 1.63. The molecule has 17 heavy (non-hydrogen) atoms. The van der Waals surface area contributed by atoms with Gasteiger partial charge in [-0.3, -0.25) is 0 Å². The monoisotopic (exact) mass is 260 g/mol. The van der Waals surface area contributed by atoms with Crippen LogP contribution >= 0.6 is 12.4 Å². The summed E-state index contributed by atoms with van der Waals surface area (Å²) >= 11 is 0. The van der Waals surface area contributed by atoms with Gasteiger partial charge in [0.05, 0.1) is 7.11 Å². The van der Waals surface area contributed by atoms with E-state index in [0.717, 1.165) is 24.8 Å². The number of nitrogens with two attached hydrogens (primary N) is 2. The Morgan fingerprint density at radius 1 is 1.35 bits per heavy atom. The second-order valence-electron chi connectivity index (χ2n) is 3.82. The van der Waals surface area contributed by atoms with Gasteiger partial charge in [0, 0.05) is 17.7 Å². The van der Waals surface area contributed by atoms with E-state index in [1.54, 1.807) is 25.3 Å². The highest BCUT2D eigenvalue weighted by Crippen LogP contribution is 2.29. The SMILES string of the molecule is COc1ccc([C@@H](N)CCCCN)c(O)c1.Cl. The number of rotatable bonds is 6. The van der Waals surface area contributed by atoms with E-state index in [9.17, 15) is 5.11 Å². The summed E-state index contributed by atoms with van der Waals surface area (Å²) in [6.07, 6.45) is 2.77. The fraction of sp³-hybridized carbons (Fsp3) is 0.500. The first-order chi connectivity index (χ1) is 7.69. The third kappa shape index (κ3) is 4.81. The Balaban J connectivity index is 0.00000256. The van der Waals surface area contributed by atoms with Crippen molar-refractivity contribution in [1.29, 1.82) is 0 Å². The lowest BCUT2D eigenvalue weighted by Crippen LogP contribution is -2.11. The molecule has 1 aromatic carbocycles. The van der Waals surface area contributed by atoms with E-state index in [4.69, 9.17) is 16.2 Å². The minimum atomic E-state index is -0.141. The number of benzene rings is 1. The second-order valence-corrected chi connectivity index (χ2v) is 3.82. The molecule has 0 bridgehead atoms. The number of hydrogen-bond donors (Lipinski definition) is 3. The summed E-state index contributed by atoms with van der Waals surface area (Å²) in [7, 11) is 1.57. The summed E-state index contributed by atoms with van der Waals surface area (Å²) in [5.41, 5.74) is 12.2. The van der Waals surface area contributed by atoms with Crippen molar-refractivity contribution in [2.75, 3.05) is 13.7 Å². The van der Waals surface area contributed by atoms with Crippen molar-refractivity contribution in [3.05, 3.63) is 23.8 Å². The molecule has 0 radical (unpaired) electrons. The molecule has 1 atom stereocenters. The number of aromatic hydroxyl groups is 1. The molecule has 1 aromatic rings. The summed E-state index contributed by atoms with van der Waals surface area (Å²) in [6.45, 7) is 0.682. The Bertz CT molecular complexity index is 334. The van der Waals surface area contributed by atoms with Gasteiger partial charge in [-0.05, 0) is 25.5 Å². The molecule has 5 heteroatoms. The highest BCUT2D eigenvalue weighted by Gasteiger charge is 2.11. The topological polar surface area (TPSA) is 81.5 Å². The molecule has 0 saturated heterocycles. The molecular weight excluding hydrogens is 240 g/mol. The Hall–Kier alpha value is -0.970. The van der Waals surface area contributed by atoms with Crippen LogP contribution < -0.4 is 16.2 Å². The minimum absolute atomic E-state index is 0. The van der Waals surface area contributed by atoms with Crippen LogP contribution in [0, 0.1) is 0 Å². The molecule has 5 N–H and O–H groups in total. The maximum Gasteiger partial charge on any atom is 0.124 e. The average molecular weight is 261 g/mol. The molecule has 0 aliphatic carbocycles. The quantitative estimate of drug-likeness (QED) is 0.683. The van der Waals surface area contributed by atoms with E-state index in [2.05, 4.69) is 0 Å². The van der Waals surface area contributed by atoms with E-state index < -0.39 is 0 Å². The van der Waals surface area contributed by atoms with Gasteiger partial charge in [0.15, 0.2) is 0 Å². The summed E-state index contributed by atoms with van der Waals surface area (Å²) in [5, 5.41) is 9.76. The predicted octanol–water partition coefficient (Wildman–Crippen LogP) is 1.95. The van der Waals surface area contributed by atoms with Gasteiger partial charge in [0.1, 0.15) is 11.5 Å². The van der Waals surface area contributed by atoms with Gasteiger partial charge in [-0.25, -0.2) is 0 Å². The standard InChI is InChI=1S/C12H20N2O2.ClH/c1-16-9-5-6-10(12(15)8-9)11(14)4-2-3-7-13;/h5-6,8,11,15H,2-4,7,13-14H2,1H3;1H/t11-;/m0./s1. The van der Waals surface area contributed by atoms with Crippen molar-refractivity contribution in [2.24, 2.45) is 11.5 Å². The van der Waals surface area contributed by atoms with Crippen LogP contribution in [0.2, 0.25) is 0 Å². The molecule has 98 valence electrons. The molecule has 0 aromatic heterocycles. The van der Waals surface area contributed by atoms with E-state index in [0.29, 0.717) is 12.3 Å². The van der Waals surface area contributed by atoms with Crippen molar-refractivity contribution in [1.82, 2.24) is 0 Å². The van der Waals surface area contributed by atoms with E-state index in [-0.39, 0.29) is 24.2 Å². The van der Waals surface area contributed by atoms with Crippen molar-refractivity contribution in [2.45, 2.75) is 25.3 Å². The lowest BCUT2D eigenvalue weighted by atomic mass is 10.0. The molecule has 0 aliphatic heterocycles. The first-order valence-electron chi connectivity index (χ1n) is 5.51. The summed E-state index contributed by atoms with van der Waals surface area (Å²) in [6, 6.07) is 5.05. The van der Waals surface area contributed by atoms with Crippen LogP contribution in [-0.2, 0) is 0 Å². The van der Waals surface area contributed by atoms with Crippen molar-refractivity contribution < 1.29 is 9.84 Å². The zero-order valence-corrected chi connectivity index (χ0v) is 10.9. The number of halogens is 1. The molecule has 0 saturated carbocycles. The number of hydrogen-bond acceptors (Lipinski definition) is 4. The smallest absolute Gasteiger partial charge is 0.124 e. The van der Waals surface area contributed by atoms with Crippen LogP contribution in [0.4, 0.5) is 0 Å². The maximum atomic E-state index is 9.76. The minimum Gasteiger partial charge on any atom is -0.507 e. The fourth-order valence-electron chi connectivity index (χ4n) is 1.63. The largest absolute Gasteiger partial charge is 0.507 e. The van der Waals surface area contributed by atoms with Crippen LogP contribution in [0.1, 0.15) is 30.9 Å². The maximum absolute atomic E-state index is 9.76. The predicted molar refractivity (Wildman–Crippen MR) is 71.7 cm³/mol. The van der Waals surface area contributed by atoms with E-state index in [1.807, 2.05) is 0 Å². The zero-order valence-electron chi connectivity index (χ0n) is 10.1. The Kier molecular flexibility index (Phi) is 7.70. The molecule has 0 amide bonds. The van der Waals surface area contributed by atoms with Gasteiger partial charge in [-0.1, -0.05) is 12.5 Å². The number of phenolic OH excluding ortho intramolecular Hbond substituents is 1. The van der Waals surface area contributed by atoms with Gasteiger partial charge in [-0.15, -0.1) is 12.4 Å². The Morgan fingerprint density at radius 3 is 2.59 bits per heavy atom. The van der Waals surface area contributed by atoms with E-state index >= 15 is 0 Å². The molecule has 0 fully saturated rings. The normalized spacial score (nSPS) is 11.7. The van der Waals surface area contributed by atoms with Crippen LogP contribution in [0.5, 0.6) is 11.5 Å². The second kappa shape index (κ2) is 8.17. The molecule has 0 spiro atoms. The van der Waals surface area contributed by atoms with Crippen LogP contribution in [0.25, 0.3) is 0 Å². The average Bonchev–Trinajstić information content (AvgIpc) is 2.29. The number of unbranched alkanes of at least 4 members (excludes halogenated alkanes) is 1. The zero-order chi connectivity index (χ0) is 12.0. The van der Waals surface area contributed by atoms with Gasteiger partial charge < -0.3 is 21.3 Å². The first kappa shape index (κ1) is 16.0.